The van der Waals surface area contributed by atoms with Crippen LogP contribution in [0.4, 0.5) is 0 Å². The Kier molecular flexibility index (Phi) is 4.30. The lowest BCUT2D eigenvalue weighted by Gasteiger charge is -2.12. The van der Waals surface area contributed by atoms with Crippen LogP contribution in [-0.2, 0) is 9.47 Å². The van der Waals surface area contributed by atoms with Crippen LogP contribution in [0.15, 0.2) is 41.3 Å². The van der Waals surface area contributed by atoms with Crippen LogP contribution in [0.5, 0.6) is 0 Å². The summed E-state index contributed by atoms with van der Waals surface area (Å²) in [6.45, 7) is 2.16. The number of aromatic nitrogens is 1. The predicted octanol–water partition coefficient (Wildman–Crippen LogP) is 2.53. The molecule has 0 bridgehead atoms. The van der Waals surface area contributed by atoms with E-state index in [0.717, 1.165) is 5.56 Å². The van der Waals surface area contributed by atoms with Crippen LogP contribution in [0, 0.1) is 0 Å². The van der Waals surface area contributed by atoms with Crippen LogP contribution in [0.25, 0.3) is 11.3 Å². The predicted molar refractivity (Wildman–Crippen MR) is 68.7 cm³/mol. The molecule has 0 spiro atoms. The van der Waals surface area contributed by atoms with Crippen LogP contribution in [-0.4, -0.2) is 30.8 Å². The van der Waals surface area contributed by atoms with Crippen molar-refractivity contribution in [1.29, 1.82) is 0 Å². The first-order valence-corrected chi connectivity index (χ1v) is 5.89. The van der Waals surface area contributed by atoms with E-state index >= 15 is 0 Å². The Bertz CT molecular complexity index is 519. The van der Waals surface area contributed by atoms with Crippen molar-refractivity contribution in [3.8, 4) is 11.3 Å². The van der Waals surface area contributed by atoms with E-state index in [1.807, 2.05) is 0 Å². The molecule has 19 heavy (non-hydrogen) atoms. The summed E-state index contributed by atoms with van der Waals surface area (Å²) in [5.74, 6) is 0.293. The Hall–Kier alpha value is -2.14. The molecule has 2 rings (SSSR count). The number of hydrogen-bond donors (Lipinski definition) is 0. The summed E-state index contributed by atoms with van der Waals surface area (Å²) < 4.78 is 15.3. The molecule has 1 atom stereocenters. The van der Waals surface area contributed by atoms with Gasteiger partial charge in [0.25, 0.3) is 0 Å². The monoisotopic (exact) mass is 261 g/mol. The van der Waals surface area contributed by atoms with Crippen molar-refractivity contribution in [3.05, 3.63) is 42.4 Å². The molecule has 2 aromatic rings. The van der Waals surface area contributed by atoms with Crippen molar-refractivity contribution < 1.29 is 18.7 Å². The third kappa shape index (κ3) is 3.42. The molecule has 0 radical (unpaired) electrons. The molecule has 0 saturated carbocycles. The number of carbonyl (C=O) groups excluding carboxylic acids is 1. The van der Waals surface area contributed by atoms with Gasteiger partial charge in [-0.1, -0.05) is 12.1 Å². The van der Waals surface area contributed by atoms with Gasteiger partial charge >= 0.3 is 5.97 Å². The first-order chi connectivity index (χ1) is 9.20. The Morgan fingerprint density at radius 2 is 2.11 bits per heavy atom. The van der Waals surface area contributed by atoms with Gasteiger partial charge in [-0.25, -0.2) is 9.78 Å². The molecule has 0 N–H and O–H groups in total. The standard InChI is InChI=1S/C14H15NO4/c1-10(8-17-2)19-14(16)12-5-3-11(4-6-12)13-7-15-9-18-13/h3-7,9-10H,8H2,1-2H3. The highest BCUT2D eigenvalue weighted by molar-refractivity contribution is 5.90. The molecule has 0 fully saturated rings. The highest BCUT2D eigenvalue weighted by atomic mass is 16.6. The van der Waals surface area contributed by atoms with Crippen LogP contribution in [0.3, 0.4) is 0 Å². The molecule has 0 aliphatic rings. The second kappa shape index (κ2) is 6.15. The Labute approximate surface area is 111 Å². The van der Waals surface area contributed by atoms with E-state index < -0.39 is 0 Å². The Morgan fingerprint density at radius 3 is 2.68 bits per heavy atom. The molecular formula is C14H15NO4. The van der Waals surface area contributed by atoms with E-state index in [9.17, 15) is 4.79 Å². The SMILES string of the molecule is COCC(C)OC(=O)c1ccc(-c2cnco2)cc1. The van der Waals surface area contributed by atoms with E-state index in [2.05, 4.69) is 4.98 Å². The van der Waals surface area contributed by atoms with Gasteiger partial charge in [0.15, 0.2) is 12.2 Å². The number of esters is 1. The van der Waals surface area contributed by atoms with Crippen molar-refractivity contribution in [3.63, 3.8) is 0 Å². The van der Waals surface area contributed by atoms with Crippen LogP contribution in [0.2, 0.25) is 0 Å². The minimum absolute atomic E-state index is 0.272. The lowest BCUT2D eigenvalue weighted by atomic mass is 10.1. The van der Waals surface area contributed by atoms with Crippen LogP contribution in [0.1, 0.15) is 17.3 Å². The summed E-state index contributed by atoms with van der Waals surface area (Å²) in [4.78, 5) is 15.7. The molecule has 5 nitrogen and oxygen atoms in total. The van der Waals surface area contributed by atoms with Crippen LogP contribution >= 0.6 is 0 Å². The molecule has 0 aliphatic heterocycles. The summed E-state index contributed by atoms with van der Waals surface area (Å²) in [5, 5.41) is 0. The molecule has 1 heterocycles. The quantitative estimate of drug-likeness (QED) is 0.774. The maximum atomic E-state index is 11.8. The Morgan fingerprint density at radius 1 is 1.37 bits per heavy atom. The molecule has 1 aromatic heterocycles. The van der Waals surface area contributed by atoms with Gasteiger partial charge in [-0.2, -0.15) is 0 Å². The number of rotatable bonds is 5. The Balaban J connectivity index is 2.04. The van der Waals surface area contributed by atoms with E-state index in [1.165, 1.54) is 6.39 Å². The van der Waals surface area contributed by atoms with Gasteiger partial charge in [0, 0.05) is 12.7 Å². The van der Waals surface area contributed by atoms with E-state index in [-0.39, 0.29) is 12.1 Å². The largest absolute Gasteiger partial charge is 0.457 e. The molecule has 0 aliphatic carbocycles. The first-order valence-electron chi connectivity index (χ1n) is 5.89. The highest BCUT2D eigenvalue weighted by Gasteiger charge is 2.12. The molecule has 100 valence electrons. The second-order valence-electron chi connectivity index (χ2n) is 4.11. The number of oxazole rings is 1. The van der Waals surface area contributed by atoms with Gasteiger partial charge in [-0.15, -0.1) is 0 Å². The maximum Gasteiger partial charge on any atom is 0.338 e. The summed E-state index contributed by atoms with van der Waals surface area (Å²) in [7, 11) is 1.57. The molecule has 0 saturated heterocycles. The van der Waals surface area contributed by atoms with Gasteiger partial charge in [-0.3, -0.25) is 0 Å². The number of benzene rings is 1. The van der Waals surface area contributed by atoms with Gasteiger partial charge in [0.05, 0.1) is 18.4 Å². The molecule has 5 heteroatoms. The average Bonchev–Trinajstić information content (AvgIpc) is 2.93. The number of nitrogens with zero attached hydrogens (tertiary/aromatic N) is 1. The second-order valence-corrected chi connectivity index (χ2v) is 4.11. The summed E-state index contributed by atoms with van der Waals surface area (Å²) >= 11 is 0. The normalized spacial score (nSPS) is 12.1. The fourth-order valence-corrected chi connectivity index (χ4v) is 1.65. The topological polar surface area (TPSA) is 61.6 Å². The average molecular weight is 261 g/mol. The number of carbonyl (C=O) groups is 1. The minimum Gasteiger partial charge on any atom is -0.457 e. The minimum atomic E-state index is -0.367. The zero-order valence-corrected chi connectivity index (χ0v) is 10.8. The summed E-state index contributed by atoms with van der Waals surface area (Å²) in [6.07, 6.45) is 2.71. The van der Waals surface area contributed by atoms with Crippen molar-refractivity contribution in [2.24, 2.45) is 0 Å². The van der Waals surface area contributed by atoms with Gasteiger partial charge in [0.1, 0.15) is 6.10 Å². The van der Waals surface area contributed by atoms with Crippen molar-refractivity contribution in [2.75, 3.05) is 13.7 Å². The smallest absolute Gasteiger partial charge is 0.338 e. The zero-order valence-electron chi connectivity index (χ0n) is 10.8. The summed E-state index contributed by atoms with van der Waals surface area (Å²) in [5.41, 5.74) is 1.35. The fraction of sp³-hybridized carbons (Fsp3) is 0.286. The number of hydrogen-bond acceptors (Lipinski definition) is 5. The number of ether oxygens (including phenoxy) is 2. The fourth-order valence-electron chi connectivity index (χ4n) is 1.65. The van der Waals surface area contributed by atoms with Crippen LogP contribution < -0.4 is 0 Å². The van der Waals surface area contributed by atoms with E-state index in [4.69, 9.17) is 13.9 Å². The lowest BCUT2D eigenvalue weighted by Crippen LogP contribution is -2.19. The lowest BCUT2D eigenvalue weighted by molar-refractivity contribution is 0.0120. The van der Waals surface area contributed by atoms with Gasteiger partial charge in [0.2, 0.25) is 0 Å². The molecular weight excluding hydrogens is 246 g/mol. The van der Waals surface area contributed by atoms with Crippen molar-refractivity contribution in [2.45, 2.75) is 13.0 Å². The zero-order chi connectivity index (χ0) is 13.7. The molecule has 1 unspecified atom stereocenters. The van der Waals surface area contributed by atoms with Gasteiger partial charge < -0.3 is 13.9 Å². The third-order valence-electron chi connectivity index (χ3n) is 2.55. The van der Waals surface area contributed by atoms with Gasteiger partial charge in [-0.05, 0) is 19.1 Å². The summed E-state index contributed by atoms with van der Waals surface area (Å²) in [6, 6.07) is 6.97. The van der Waals surface area contributed by atoms with E-state index in [0.29, 0.717) is 17.9 Å². The maximum absolute atomic E-state index is 11.8. The molecule has 0 amide bonds. The number of methoxy groups -OCH3 is 1. The van der Waals surface area contributed by atoms with E-state index in [1.54, 1.807) is 44.5 Å². The third-order valence-corrected chi connectivity index (χ3v) is 2.55. The highest BCUT2D eigenvalue weighted by Crippen LogP contribution is 2.19. The molecule has 1 aromatic carbocycles. The van der Waals surface area contributed by atoms with Crippen molar-refractivity contribution in [1.82, 2.24) is 4.98 Å². The first kappa shape index (κ1) is 13.3. The van der Waals surface area contributed by atoms with Crippen molar-refractivity contribution >= 4 is 5.97 Å².